The van der Waals surface area contributed by atoms with Crippen LogP contribution in [0.25, 0.3) is 0 Å². The molecule has 0 aromatic carbocycles. The minimum Gasteiger partial charge on any atom is -0.353 e. The zero-order valence-electron chi connectivity index (χ0n) is 16.1. The Morgan fingerprint density at radius 1 is 0.500 bits per heavy atom. The Hall–Kier alpha value is -0.370. The molecule has 0 spiro atoms. The summed E-state index contributed by atoms with van der Waals surface area (Å²) in [6.07, 6.45) is 23.6. The highest BCUT2D eigenvalue weighted by molar-refractivity contribution is 5.85. The largest absolute Gasteiger partial charge is 0.353 e. The molecule has 3 heteroatoms. The fraction of sp³-hybridized carbons (Fsp3) is 0.913. The summed E-state index contributed by atoms with van der Waals surface area (Å²) in [6, 6.07) is 0. The second kappa shape index (κ2) is 5.37. The topological polar surface area (TPSA) is 6.48 Å². The van der Waals surface area contributed by atoms with E-state index in [0.717, 1.165) is 35.5 Å². The van der Waals surface area contributed by atoms with Crippen molar-refractivity contribution in [3.8, 4) is 0 Å². The third-order valence-electron chi connectivity index (χ3n) is 9.96. The summed E-state index contributed by atoms with van der Waals surface area (Å²) >= 11 is 0. The Morgan fingerprint density at radius 2 is 0.769 bits per heavy atom. The second-order valence-electron chi connectivity index (χ2n) is 11.7. The molecule has 0 aromatic heterocycles. The highest BCUT2D eigenvalue weighted by Gasteiger charge is 2.57. The molecule has 8 bridgehead atoms. The first-order valence-electron chi connectivity index (χ1n) is 11.4. The summed E-state index contributed by atoms with van der Waals surface area (Å²) in [6.45, 7) is 1.23. The third kappa shape index (κ3) is 2.17. The van der Waals surface area contributed by atoms with Crippen molar-refractivity contribution in [3.63, 3.8) is 0 Å². The summed E-state index contributed by atoms with van der Waals surface area (Å²) in [4.78, 5) is 5.71. The van der Waals surface area contributed by atoms with E-state index in [-0.39, 0.29) is 12.4 Å². The van der Waals surface area contributed by atoms with Gasteiger partial charge in [0.15, 0.2) is 0 Å². The second-order valence-corrected chi connectivity index (χ2v) is 11.7. The van der Waals surface area contributed by atoms with Crippen LogP contribution in [0.5, 0.6) is 0 Å². The monoisotopic (exact) mass is 374 g/mol. The number of rotatable bonds is 2. The van der Waals surface area contributed by atoms with Crippen molar-refractivity contribution in [1.82, 2.24) is 9.80 Å². The average Bonchev–Trinajstić information content (AvgIpc) is 3.04. The molecule has 26 heavy (non-hydrogen) atoms. The predicted molar refractivity (Wildman–Crippen MR) is 107 cm³/mol. The molecular weight excluding hydrogens is 340 g/mol. The third-order valence-corrected chi connectivity index (χ3v) is 9.96. The maximum atomic E-state index is 2.86. The van der Waals surface area contributed by atoms with E-state index in [2.05, 4.69) is 22.2 Å². The summed E-state index contributed by atoms with van der Waals surface area (Å²) in [7, 11) is 0. The van der Waals surface area contributed by atoms with Crippen molar-refractivity contribution in [2.45, 2.75) is 88.1 Å². The van der Waals surface area contributed by atoms with Gasteiger partial charge in [-0.3, -0.25) is 0 Å². The smallest absolute Gasteiger partial charge is 0.0904 e. The van der Waals surface area contributed by atoms with Gasteiger partial charge in [-0.15, -0.1) is 12.4 Å². The van der Waals surface area contributed by atoms with Crippen LogP contribution in [-0.2, 0) is 0 Å². The Balaban J connectivity index is 0.00000137. The molecule has 2 nitrogen and oxygen atoms in total. The fourth-order valence-electron chi connectivity index (χ4n) is 9.87. The molecule has 8 fully saturated rings. The summed E-state index contributed by atoms with van der Waals surface area (Å²) in [5.41, 5.74) is 1.12. The van der Waals surface area contributed by atoms with E-state index < -0.39 is 0 Å². The Labute approximate surface area is 165 Å². The van der Waals surface area contributed by atoms with Crippen molar-refractivity contribution in [3.05, 3.63) is 12.4 Å². The Kier molecular flexibility index (Phi) is 3.42. The van der Waals surface area contributed by atoms with Gasteiger partial charge in [-0.2, -0.15) is 0 Å². The molecule has 0 unspecified atom stereocenters. The summed E-state index contributed by atoms with van der Waals surface area (Å²) in [5.74, 6) is 6.38. The minimum atomic E-state index is 0. The van der Waals surface area contributed by atoms with E-state index in [4.69, 9.17) is 0 Å². The standard InChI is InChI=1S/C23H34N2.ClH/c1-2-25(23-12-19-6-20(13-23)8-21(7-19)14-23)15-24(1)22-9-16-3-17(10-22)5-18(4-16)11-22;/h1-2,16-21H,3-15H2;1H. The molecule has 144 valence electrons. The average molecular weight is 375 g/mol. The van der Waals surface area contributed by atoms with Crippen molar-refractivity contribution in [2.24, 2.45) is 35.5 Å². The van der Waals surface area contributed by atoms with E-state index in [1.807, 2.05) is 0 Å². The summed E-state index contributed by atoms with van der Waals surface area (Å²) in [5, 5.41) is 0. The van der Waals surface area contributed by atoms with E-state index in [1.54, 1.807) is 38.5 Å². The van der Waals surface area contributed by atoms with Crippen LogP contribution in [-0.4, -0.2) is 27.5 Å². The van der Waals surface area contributed by atoms with E-state index >= 15 is 0 Å². The van der Waals surface area contributed by atoms with Crippen LogP contribution in [0.4, 0.5) is 0 Å². The Bertz CT molecular complexity index is 503. The van der Waals surface area contributed by atoms with Crippen LogP contribution in [0.3, 0.4) is 0 Å². The van der Waals surface area contributed by atoms with E-state index in [0.29, 0.717) is 11.1 Å². The first-order valence-corrected chi connectivity index (χ1v) is 11.4. The van der Waals surface area contributed by atoms with Crippen LogP contribution in [0.1, 0.15) is 77.0 Å². The van der Waals surface area contributed by atoms with Crippen LogP contribution >= 0.6 is 12.4 Å². The lowest BCUT2D eigenvalue weighted by atomic mass is 9.52. The first-order chi connectivity index (χ1) is 12.2. The van der Waals surface area contributed by atoms with Gasteiger partial charge in [-0.25, -0.2) is 0 Å². The van der Waals surface area contributed by atoms with Gasteiger partial charge in [0.1, 0.15) is 0 Å². The number of hydrogen-bond donors (Lipinski definition) is 0. The molecule has 0 radical (unpaired) electrons. The van der Waals surface area contributed by atoms with Gasteiger partial charge >= 0.3 is 0 Å². The lowest BCUT2D eigenvalue weighted by Gasteiger charge is -2.62. The number of nitrogens with zero attached hydrogens (tertiary/aromatic N) is 2. The molecule has 0 aromatic rings. The van der Waals surface area contributed by atoms with Crippen LogP contribution in [0.15, 0.2) is 12.4 Å². The highest BCUT2D eigenvalue weighted by Crippen LogP contribution is 2.61. The predicted octanol–water partition coefficient (Wildman–Crippen LogP) is 5.39. The van der Waals surface area contributed by atoms with Gasteiger partial charge in [0.25, 0.3) is 0 Å². The molecule has 9 aliphatic rings. The molecule has 1 aliphatic heterocycles. The maximum Gasteiger partial charge on any atom is 0.0904 e. The van der Waals surface area contributed by atoms with E-state index in [9.17, 15) is 0 Å². The van der Waals surface area contributed by atoms with Crippen molar-refractivity contribution in [2.75, 3.05) is 6.67 Å². The van der Waals surface area contributed by atoms with Crippen molar-refractivity contribution in [1.29, 1.82) is 0 Å². The van der Waals surface area contributed by atoms with Crippen LogP contribution in [0.2, 0.25) is 0 Å². The van der Waals surface area contributed by atoms with Gasteiger partial charge in [0.05, 0.1) is 6.67 Å². The SMILES string of the molecule is C1=CN(C23CC4CC(CC(C4)C2)C3)CN1C12CC3CC(CC(C3)C1)C2.Cl. The molecular formula is C23H35ClN2. The molecule has 0 N–H and O–H groups in total. The zero-order valence-corrected chi connectivity index (χ0v) is 16.9. The van der Waals surface area contributed by atoms with Crippen molar-refractivity contribution >= 4 is 12.4 Å². The van der Waals surface area contributed by atoms with Gasteiger partial charge in [-0.05, 0) is 113 Å². The first kappa shape index (κ1) is 16.6. The molecule has 1 heterocycles. The van der Waals surface area contributed by atoms with Crippen LogP contribution < -0.4 is 0 Å². The number of hydrogen-bond acceptors (Lipinski definition) is 2. The molecule has 9 rings (SSSR count). The van der Waals surface area contributed by atoms with Gasteiger partial charge in [-0.1, -0.05) is 0 Å². The highest BCUT2D eigenvalue weighted by atomic mass is 35.5. The Morgan fingerprint density at radius 3 is 1.04 bits per heavy atom. The van der Waals surface area contributed by atoms with Gasteiger partial charge in [0, 0.05) is 23.5 Å². The van der Waals surface area contributed by atoms with Crippen LogP contribution in [0, 0.1) is 35.5 Å². The molecule has 0 amide bonds. The quantitative estimate of drug-likeness (QED) is 0.639. The summed E-state index contributed by atoms with van der Waals surface area (Å²) < 4.78 is 0. The fourth-order valence-corrected chi connectivity index (χ4v) is 9.87. The van der Waals surface area contributed by atoms with E-state index in [1.165, 1.54) is 45.2 Å². The number of halogens is 1. The van der Waals surface area contributed by atoms with Crippen molar-refractivity contribution < 1.29 is 0 Å². The molecule has 8 aliphatic carbocycles. The molecule has 8 saturated carbocycles. The molecule has 0 atom stereocenters. The van der Waals surface area contributed by atoms with Gasteiger partial charge in [0.2, 0.25) is 0 Å². The zero-order chi connectivity index (χ0) is 16.2. The normalized spacial score (nSPS) is 55.7. The molecule has 0 saturated heterocycles. The van der Waals surface area contributed by atoms with Gasteiger partial charge < -0.3 is 9.80 Å². The maximum absolute atomic E-state index is 2.86. The minimum absolute atomic E-state index is 0. The lowest BCUT2D eigenvalue weighted by molar-refractivity contribution is -0.105. The lowest BCUT2D eigenvalue weighted by Crippen LogP contribution is -2.62.